The van der Waals surface area contributed by atoms with Crippen molar-refractivity contribution in [2.45, 2.75) is 12.7 Å². The van der Waals surface area contributed by atoms with Gasteiger partial charge in [-0.15, -0.1) is 0 Å². The topological polar surface area (TPSA) is 64.1 Å². The summed E-state index contributed by atoms with van der Waals surface area (Å²) in [5.41, 5.74) is -1.45. The van der Waals surface area contributed by atoms with Crippen LogP contribution in [-0.2, 0) is 12.7 Å². The van der Waals surface area contributed by atoms with Crippen LogP contribution in [0.2, 0.25) is 0 Å². The molecule has 0 amide bonds. The van der Waals surface area contributed by atoms with Crippen LogP contribution >= 0.6 is 0 Å². The van der Waals surface area contributed by atoms with Gasteiger partial charge in [-0.2, -0.15) is 13.2 Å². The zero-order chi connectivity index (χ0) is 20.6. The second kappa shape index (κ2) is 7.16. The Kier molecular flexibility index (Phi) is 5.03. The molecule has 5 nitrogen and oxygen atoms in total. The van der Waals surface area contributed by atoms with E-state index in [0.717, 1.165) is 23.1 Å². The van der Waals surface area contributed by atoms with Crippen LogP contribution in [0.5, 0.6) is 17.2 Å². The summed E-state index contributed by atoms with van der Waals surface area (Å²) >= 11 is 0. The van der Waals surface area contributed by atoms with Gasteiger partial charge in [0.05, 0.1) is 25.0 Å². The third-order valence-corrected chi connectivity index (χ3v) is 3.93. The first-order valence-corrected chi connectivity index (χ1v) is 8.20. The molecule has 3 aromatic rings. The molecule has 0 aliphatic heterocycles. The molecule has 1 heterocycles. The Hall–Kier alpha value is -3.07. The molecule has 0 bridgehead atoms. The van der Waals surface area contributed by atoms with E-state index in [1.54, 1.807) is 14.1 Å². The van der Waals surface area contributed by atoms with Crippen molar-refractivity contribution in [3.05, 3.63) is 63.8 Å². The summed E-state index contributed by atoms with van der Waals surface area (Å²) in [4.78, 5) is 13.5. The summed E-state index contributed by atoms with van der Waals surface area (Å²) in [5.74, 6) is -4.64. The molecular weight excluding hydrogens is 382 g/mol. The van der Waals surface area contributed by atoms with Crippen LogP contribution in [0.3, 0.4) is 0 Å². The van der Waals surface area contributed by atoms with Crippen LogP contribution < -0.4 is 15.1 Å². The highest BCUT2D eigenvalue weighted by Crippen LogP contribution is 2.40. The van der Waals surface area contributed by atoms with Gasteiger partial charge in [-0.1, -0.05) is 12.1 Å². The molecule has 0 saturated heterocycles. The Morgan fingerprint density at radius 1 is 1.14 bits per heavy atom. The monoisotopic (exact) mass is 398 g/mol. The van der Waals surface area contributed by atoms with Gasteiger partial charge in [-0.3, -0.25) is 4.79 Å². The standard InChI is InChI=1S/C19H15F4NO4/c1-24(2)9-11-13(25)8-7-10-15(26)17(18(19(21,22)23)28-16(10)11)27-14-6-4-3-5-12(14)20/h3-8,25H,9H2,1-2H3/p+1. The minimum Gasteiger partial charge on any atom is -0.507 e. The van der Waals surface area contributed by atoms with Crippen molar-refractivity contribution in [3.63, 3.8) is 0 Å². The van der Waals surface area contributed by atoms with Crippen molar-refractivity contribution >= 4 is 11.0 Å². The number of aromatic hydroxyl groups is 1. The number of nitrogens with one attached hydrogen (secondary N) is 1. The second-order valence-electron chi connectivity index (χ2n) is 6.44. The van der Waals surface area contributed by atoms with E-state index in [1.165, 1.54) is 18.2 Å². The van der Waals surface area contributed by atoms with Gasteiger partial charge in [0, 0.05) is 0 Å². The van der Waals surface area contributed by atoms with Crippen molar-refractivity contribution in [1.82, 2.24) is 0 Å². The maximum atomic E-state index is 13.8. The lowest BCUT2D eigenvalue weighted by Crippen LogP contribution is -3.04. The molecule has 9 heteroatoms. The van der Waals surface area contributed by atoms with Crippen LogP contribution in [-0.4, -0.2) is 19.2 Å². The average Bonchev–Trinajstić information content (AvgIpc) is 2.60. The van der Waals surface area contributed by atoms with Gasteiger partial charge >= 0.3 is 6.18 Å². The number of benzene rings is 2. The molecule has 0 spiro atoms. The fourth-order valence-corrected chi connectivity index (χ4v) is 2.73. The number of fused-ring (bicyclic) bond motifs is 1. The molecule has 2 N–H and O–H groups in total. The Morgan fingerprint density at radius 3 is 2.43 bits per heavy atom. The summed E-state index contributed by atoms with van der Waals surface area (Å²) in [6.45, 7) is 0.108. The van der Waals surface area contributed by atoms with Gasteiger partial charge < -0.3 is 19.2 Å². The maximum Gasteiger partial charge on any atom is 0.453 e. The third kappa shape index (κ3) is 3.65. The lowest BCUT2D eigenvalue weighted by Gasteiger charge is -2.16. The van der Waals surface area contributed by atoms with Gasteiger partial charge in [0.2, 0.25) is 11.2 Å². The average molecular weight is 398 g/mol. The first-order valence-electron chi connectivity index (χ1n) is 8.20. The van der Waals surface area contributed by atoms with Crippen molar-refractivity contribution in [1.29, 1.82) is 0 Å². The van der Waals surface area contributed by atoms with Crippen molar-refractivity contribution in [3.8, 4) is 17.2 Å². The minimum atomic E-state index is -5.08. The molecule has 148 valence electrons. The highest BCUT2D eigenvalue weighted by atomic mass is 19.4. The summed E-state index contributed by atoms with van der Waals surface area (Å²) in [7, 11) is 3.44. The minimum absolute atomic E-state index is 0.0533. The molecular formula is C19H16F4NO4+. The lowest BCUT2D eigenvalue weighted by molar-refractivity contribution is -0.872. The molecule has 2 aromatic carbocycles. The fraction of sp³-hybridized carbons (Fsp3) is 0.211. The van der Waals surface area contributed by atoms with Gasteiger partial charge in [0.1, 0.15) is 12.3 Å². The predicted molar refractivity (Wildman–Crippen MR) is 92.1 cm³/mol. The number of hydrogen-bond acceptors (Lipinski definition) is 4. The third-order valence-electron chi connectivity index (χ3n) is 3.93. The predicted octanol–water partition coefficient (Wildman–Crippen LogP) is 3.09. The van der Waals surface area contributed by atoms with E-state index < -0.39 is 34.7 Å². The first-order chi connectivity index (χ1) is 13.1. The molecule has 0 radical (unpaired) electrons. The Labute approximate surface area is 156 Å². The SMILES string of the molecule is C[NH+](C)Cc1c(O)ccc2c(=O)c(Oc3ccccc3F)c(C(F)(F)F)oc12. The van der Waals surface area contributed by atoms with Crippen LogP contribution in [0.25, 0.3) is 11.0 Å². The largest absolute Gasteiger partial charge is 0.507 e. The molecule has 0 atom stereocenters. The zero-order valence-corrected chi connectivity index (χ0v) is 14.9. The molecule has 0 unspecified atom stereocenters. The second-order valence-corrected chi connectivity index (χ2v) is 6.44. The summed E-state index contributed by atoms with van der Waals surface area (Å²) in [5, 5.41) is 9.83. The molecule has 0 fully saturated rings. The number of quaternary nitrogens is 1. The zero-order valence-electron chi connectivity index (χ0n) is 14.9. The van der Waals surface area contributed by atoms with E-state index >= 15 is 0 Å². The van der Waals surface area contributed by atoms with E-state index in [2.05, 4.69) is 0 Å². The molecule has 28 heavy (non-hydrogen) atoms. The smallest absolute Gasteiger partial charge is 0.453 e. The lowest BCUT2D eigenvalue weighted by atomic mass is 10.1. The number of halogens is 4. The van der Waals surface area contributed by atoms with E-state index in [1.807, 2.05) is 0 Å². The van der Waals surface area contributed by atoms with Crippen LogP contribution in [0.1, 0.15) is 11.3 Å². The number of hydrogen-bond donors (Lipinski definition) is 2. The molecule has 0 aliphatic carbocycles. The molecule has 0 aliphatic rings. The molecule has 1 aromatic heterocycles. The molecule has 0 saturated carbocycles. The highest BCUT2D eigenvalue weighted by molar-refractivity contribution is 5.83. The summed E-state index contributed by atoms with van der Waals surface area (Å²) in [6, 6.07) is 7.09. The highest BCUT2D eigenvalue weighted by Gasteiger charge is 2.41. The van der Waals surface area contributed by atoms with E-state index in [4.69, 9.17) is 9.15 Å². The molecule has 3 rings (SSSR count). The van der Waals surface area contributed by atoms with Gasteiger partial charge in [-0.25, -0.2) is 4.39 Å². The Bertz CT molecular complexity index is 1090. The first kappa shape index (κ1) is 19.7. The van der Waals surface area contributed by atoms with Gasteiger partial charge in [0.25, 0.3) is 5.76 Å². The van der Waals surface area contributed by atoms with Crippen molar-refractivity contribution in [2.24, 2.45) is 0 Å². The van der Waals surface area contributed by atoms with Crippen LogP contribution in [0.4, 0.5) is 17.6 Å². The van der Waals surface area contributed by atoms with E-state index in [9.17, 15) is 27.5 Å². The van der Waals surface area contributed by atoms with Crippen molar-refractivity contribution in [2.75, 3.05) is 14.1 Å². The number of para-hydroxylation sites is 1. The number of rotatable bonds is 4. The van der Waals surface area contributed by atoms with Crippen molar-refractivity contribution < 1.29 is 36.7 Å². The van der Waals surface area contributed by atoms with Crippen LogP contribution in [0.15, 0.2) is 45.6 Å². The number of ether oxygens (including phenoxy) is 1. The van der Waals surface area contributed by atoms with Crippen LogP contribution in [0, 0.1) is 5.82 Å². The maximum absolute atomic E-state index is 13.8. The van der Waals surface area contributed by atoms with E-state index in [0.29, 0.717) is 0 Å². The number of phenolic OH excluding ortho intramolecular Hbond substituents is 1. The Balaban J connectivity index is 2.32. The normalized spacial score (nSPS) is 12.0. The quantitative estimate of drug-likeness (QED) is 0.663. The summed E-state index contributed by atoms with van der Waals surface area (Å²) in [6.07, 6.45) is -5.08. The van der Waals surface area contributed by atoms with Gasteiger partial charge in [-0.05, 0) is 24.3 Å². The van der Waals surface area contributed by atoms with E-state index in [-0.39, 0.29) is 28.8 Å². The Morgan fingerprint density at radius 2 is 1.82 bits per heavy atom. The van der Waals surface area contributed by atoms with Gasteiger partial charge in [0.15, 0.2) is 17.1 Å². The fourth-order valence-electron chi connectivity index (χ4n) is 2.73. The number of alkyl halides is 3. The number of phenols is 1. The summed E-state index contributed by atoms with van der Waals surface area (Å²) < 4.78 is 64.6.